The van der Waals surface area contributed by atoms with Gasteiger partial charge in [0.2, 0.25) is 5.72 Å². The predicted octanol–water partition coefficient (Wildman–Crippen LogP) is 2.17. The zero-order valence-electron chi connectivity index (χ0n) is 9.83. The highest BCUT2D eigenvalue weighted by Gasteiger charge is 2.32. The summed E-state index contributed by atoms with van der Waals surface area (Å²) in [6.45, 7) is 3.21. The second kappa shape index (κ2) is 4.41. The highest BCUT2D eigenvalue weighted by molar-refractivity contribution is 5.66. The van der Waals surface area contributed by atoms with Crippen molar-refractivity contribution in [1.82, 2.24) is 9.78 Å². The van der Waals surface area contributed by atoms with Crippen LogP contribution in [0.5, 0.6) is 0 Å². The van der Waals surface area contributed by atoms with Crippen LogP contribution in [-0.4, -0.2) is 15.7 Å². The van der Waals surface area contributed by atoms with Gasteiger partial charge in [-0.15, -0.1) is 0 Å². The fourth-order valence-corrected chi connectivity index (χ4v) is 1.79. The van der Waals surface area contributed by atoms with Crippen LogP contribution in [-0.2, 0) is 15.3 Å². The Hall–Kier alpha value is -2.10. The zero-order valence-corrected chi connectivity index (χ0v) is 9.83. The minimum Gasteiger partial charge on any atom is -0.433 e. The summed E-state index contributed by atoms with van der Waals surface area (Å²) in [7, 11) is 0. The summed E-state index contributed by atoms with van der Waals surface area (Å²) in [5.74, 6) is -0.341. The molecule has 0 aliphatic heterocycles. The summed E-state index contributed by atoms with van der Waals surface area (Å²) in [5, 5.41) is 4.16. The monoisotopic (exact) mass is 230 g/mol. The van der Waals surface area contributed by atoms with Gasteiger partial charge in [-0.25, -0.2) is 4.68 Å². The molecule has 0 saturated heterocycles. The lowest BCUT2D eigenvalue weighted by molar-refractivity contribution is -0.161. The van der Waals surface area contributed by atoms with E-state index in [-0.39, 0.29) is 5.97 Å². The third kappa shape index (κ3) is 2.20. The van der Waals surface area contributed by atoms with Gasteiger partial charge in [-0.3, -0.25) is 4.79 Å². The Morgan fingerprint density at radius 1 is 1.29 bits per heavy atom. The van der Waals surface area contributed by atoms with E-state index in [0.717, 1.165) is 5.56 Å². The van der Waals surface area contributed by atoms with Crippen molar-refractivity contribution in [3.63, 3.8) is 0 Å². The molecule has 0 bridgehead atoms. The van der Waals surface area contributed by atoms with Gasteiger partial charge in [0.1, 0.15) is 0 Å². The predicted molar refractivity (Wildman–Crippen MR) is 63.2 cm³/mol. The number of esters is 1. The molecule has 1 atom stereocenters. The molecule has 2 aromatic rings. The van der Waals surface area contributed by atoms with Gasteiger partial charge in [0.05, 0.1) is 0 Å². The van der Waals surface area contributed by atoms with Gasteiger partial charge in [-0.2, -0.15) is 5.10 Å². The Balaban J connectivity index is 2.48. The van der Waals surface area contributed by atoms with Crippen LogP contribution in [0.2, 0.25) is 0 Å². The number of benzene rings is 1. The highest BCUT2D eigenvalue weighted by atomic mass is 16.6. The van der Waals surface area contributed by atoms with Gasteiger partial charge >= 0.3 is 5.97 Å². The van der Waals surface area contributed by atoms with Crippen LogP contribution in [0.25, 0.3) is 0 Å². The van der Waals surface area contributed by atoms with Crippen LogP contribution in [0.1, 0.15) is 19.4 Å². The van der Waals surface area contributed by atoms with Crippen molar-refractivity contribution in [3.05, 3.63) is 54.4 Å². The Morgan fingerprint density at radius 2 is 2.00 bits per heavy atom. The largest absolute Gasteiger partial charge is 0.433 e. The number of carbonyl (C=O) groups excluding carboxylic acids is 1. The number of hydrogen-bond acceptors (Lipinski definition) is 3. The van der Waals surface area contributed by atoms with Crippen molar-refractivity contribution in [1.29, 1.82) is 0 Å². The molecular formula is C13H14N2O2. The van der Waals surface area contributed by atoms with Crippen LogP contribution in [0, 0.1) is 0 Å². The normalized spacial score (nSPS) is 14.0. The molecule has 2 rings (SSSR count). The first-order valence-corrected chi connectivity index (χ1v) is 5.38. The van der Waals surface area contributed by atoms with E-state index < -0.39 is 5.72 Å². The molecule has 4 nitrogen and oxygen atoms in total. The summed E-state index contributed by atoms with van der Waals surface area (Å²) in [5.41, 5.74) is -0.0322. The van der Waals surface area contributed by atoms with Crippen molar-refractivity contribution < 1.29 is 9.53 Å². The molecule has 0 N–H and O–H groups in total. The molecule has 17 heavy (non-hydrogen) atoms. The number of rotatable bonds is 3. The second-order valence-electron chi connectivity index (χ2n) is 3.89. The maximum absolute atomic E-state index is 11.3. The third-order valence-electron chi connectivity index (χ3n) is 2.59. The molecule has 0 saturated carbocycles. The van der Waals surface area contributed by atoms with Crippen molar-refractivity contribution >= 4 is 5.97 Å². The second-order valence-corrected chi connectivity index (χ2v) is 3.89. The topological polar surface area (TPSA) is 44.1 Å². The van der Waals surface area contributed by atoms with Crippen molar-refractivity contribution in [2.45, 2.75) is 19.6 Å². The highest BCUT2D eigenvalue weighted by Crippen LogP contribution is 2.26. The molecule has 0 radical (unpaired) electrons. The summed E-state index contributed by atoms with van der Waals surface area (Å²) in [4.78, 5) is 11.3. The summed E-state index contributed by atoms with van der Waals surface area (Å²) >= 11 is 0. The molecule has 1 unspecified atom stereocenters. The smallest absolute Gasteiger partial charge is 0.305 e. The van der Waals surface area contributed by atoms with E-state index in [1.165, 1.54) is 6.92 Å². The van der Waals surface area contributed by atoms with E-state index in [9.17, 15) is 4.79 Å². The lowest BCUT2D eigenvalue weighted by Gasteiger charge is -2.29. The van der Waals surface area contributed by atoms with Crippen molar-refractivity contribution in [2.24, 2.45) is 0 Å². The first kappa shape index (κ1) is 11.4. The minimum atomic E-state index is -0.906. The number of nitrogens with zero attached hydrogens (tertiary/aromatic N) is 2. The molecule has 0 amide bonds. The third-order valence-corrected chi connectivity index (χ3v) is 2.59. The Morgan fingerprint density at radius 3 is 2.53 bits per heavy atom. The molecule has 4 heteroatoms. The quantitative estimate of drug-likeness (QED) is 0.759. The van der Waals surface area contributed by atoms with Gasteiger partial charge in [0.15, 0.2) is 0 Å². The van der Waals surface area contributed by atoms with E-state index in [0.29, 0.717) is 0 Å². The van der Waals surface area contributed by atoms with Gasteiger partial charge in [-0.05, 0) is 6.07 Å². The van der Waals surface area contributed by atoms with Gasteiger partial charge < -0.3 is 4.74 Å². The Bertz CT molecular complexity index is 493. The van der Waals surface area contributed by atoms with Crippen LogP contribution < -0.4 is 0 Å². The summed E-state index contributed by atoms with van der Waals surface area (Å²) in [6.07, 6.45) is 3.43. The first-order chi connectivity index (χ1) is 8.13. The first-order valence-electron chi connectivity index (χ1n) is 5.38. The van der Waals surface area contributed by atoms with Crippen molar-refractivity contribution in [3.8, 4) is 0 Å². The summed E-state index contributed by atoms with van der Waals surface area (Å²) in [6, 6.07) is 11.3. The maximum atomic E-state index is 11.3. The van der Waals surface area contributed by atoms with Gasteiger partial charge in [0.25, 0.3) is 0 Å². The number of ether oxygens (including phenoxy) is 1. The molecule has 0 spiro atoms. The van der Waals surface area contributed by atoms with E-state index in [1.807, 2.05) is 37.3 Å². The van der Waals surface area contributed by atoms with E-state index in [1.54, 1.807) is 23.1 Å². The van der Waals surface area contributed by atoms with Crippen LogP contribution in [0.4, 0.5) is 0 Å². The van der Waals surface area contributed by atoms with Gasteiger partial charge in [-0.1, -0.05) is 30.3 Å². The lowest BCUT2D eigenvalue weighted by atomic mass is 10.1. The van der Waals surface area contributed by atoms with Gasteiger partial charge in [0, 0.05) is 31.8 Å². The number of aromatic nitrogens is 2. The standard InChI is InChI=1S/C13H14N2O2/c1-11(16)17-13(2,15-10-6-9-14-15)12-7-4-3-5-8-12/h3-10H,1-2H3. The molecule has 1 heterocycles. The average Bonchev–Trinajstić information content (AvgIpc) is 2.83. The SMILES string of the molecule is CC(=O)OC(C)(c1ccccc1)n1cccn1. The summed E-state index contributed by atoms with van der Waals surface area (Å²) < 4.78 is 7.06. The average molecular weight is 230 g/mol. The Labute approximate surface area is 99.8 Å². The maximum Gasteiger partial charge on any atom is 0.305 e. The van der Waals surface area contributed by atoms with Crippen LogP contribution >= 0.6 is 0 Å². The Kier molecular flexibility index (Phi) is 2.95. The molecule has 0 aliphatic rings. The van der Waals surface area contributed by atoms with Crippen LogP contribution in [0.15, 0.2) is 48.8 Å². The zero-order chi connectivity index (χ0) is 12.3. The van der Waals surface area contributed by atoms with E-state index in [2.05, 4.69) is 5.10 Å². The lowest BCUT2D eigenvalue weighted by Crippen LogP contribution is -2.36. The molecule has 88 valence electrons. The molecule has 1 aromatic heterocycles. The molecular weight excluding hydrogens is 216 g/mol. The van der Waals surface area contributed by atoms with E-state index >= 15 is 0 Å². The fraction of sp³-hybridized carbons (Fsp3) is 0.231. The van der Waals surface area contributed by atoms with Crippen LogP contribution in [0.3, 0.4) is 0 Å². The molecule has 0 aliphatic carbocycles. The minimum absolute atomic E-state index is 0.341. The number of hydrogen-bond donors (Lipinski definition) is 0. The van der Waals surface area contributed by atoms with E-state index in [4.69, 9.17) is 4.74 Å². The van der Waals surface area contributed by atoms with Crippen molar-refractivity contribution in [2.75, 3.05) is 0 Å². The number of carbonyl (C=O) groups is 1. The molecule has 0 fully saturated rings. The molecule has 1 aromatic carbocycles. The fourth-order valence-electron chi connectivity index (χ4n) is 1.79.